The number of ketones is 2. The molecule has 1 aromatic carbocycles. The molecule has 2 fully saturated rings. The highest BCUT2D eigenvalue weighted by molar-refractivity contribution is 7.78. The zero-order valence-corrected chi connectivity index (χ0v) is 50.8. The number of aromatic nitrogens is 1. The number of fused-ring (bicyclic) bond motifs is 5. The third-order valence-electron chi connectivity index (χ3n) is 17.4. The molecule has 0 aliphatic carbocycles. The normalized spacial score (nSPS) is 25.4. The van der Waals surface area contributed by atoms with Crippen molar-refractivity contribution in [2.45, 2.75) is 152 Å². The Morgan fingerprint density at radius 1 is 0.841 bits per heavy atom. The Labute approximate surface area is 513 Å². The molecule has 29 heteroatoms. The van der Waals surface area contributed by atoms with Crippen molar-refractivity contribution in [3.8, 4) is 5.75 Å². The van der Waals surface area contributed by atoms with Crippen LogP contribution >= 0.6 is 0 Å². The number of carbonyl (C=O) groups is 12. The lowest BCUT2D eigenvalue weighted by molar-refractivity contribution is -0.145. The molecule has 0 saturated carbocycles. The molecule has 0 radical (unpaired) electrons. The number of nitrogens with two attached hydrogens (primary N) is 1. The first-order valence-electron chi connectivity index (χ1n) is 30.1. The number of phenols is 1. The number of hydrogen-bond donors (Lipinski definition) is 12. The minimum Gasteiger partial charge on any atom is -0.870 e. The summed E-state index contributed by atoms with van der Waals surface area (Å²) in [7, 11) is 0. The zero-order valence-electron chi connectivity index (χ0n) is 49.9. The van der Waals surface area contributed by atoms with Crippen molar-refractivity contribution in [2.24, 2.45) is 35.3 Å². The van der Waals surface area contributed by atoms with Crippen LogP contribution in [0.2, 0.25) is 0 Å². The molecule has 14 N–H and O–H groups in total. The number of thiol groups is 1. The molecule has 88 heavy (non-hydrogen) atoms. The van der Waals surface area contributed by atoms with Crippen LogP contribution in [0.3, 0.4) is 0 Å². The van der Waals surface area contributed by atoms with Gasteiger partial charge in [0.25, 0.3) is 11.8 Å². The number of aliphatic hydroxyl groups excluding tert-OH is 3. The van der Waals surface area contributed by atoms with Crippen LogP contribution in [0.25, 0.3) is 10.9 Å². The van der Waals surface area contributed by atoms with E-state index in [4.69, 9.17) is 5.73 Å². The second-order valence-corrected chi connectivity index (χ2v) is 24.8. The molecule has 6 heterocycles. The fourth-order valence-corrected chi connectivity index (χ4v) is 13.3. The average Bonchev–Trinajstić information content (AvgIpc) is 2.19. The Bertz CT molecular complexity index is 2950. The van der Waals surface area contributed by atoms with Crippen LogP contribution in [0.4, 0.5) is 0 Å². The molecule has 2 saturated heterocycles. The molecule has 7 rings (SSSR count). The summed E-state index contributed by atoms with van der Waals surface area (Å²) < 4.78 is 0. The fourth-order valence-electron chi connectivity index (χ4n) is 12.0. The largest absolute Gasteiger partial charge is 0.870 e. The molecule has 28 nitrogen and oxygen atoms in total. The molecule has 2 aromatic rings. The van der Waals surface area contributed by atoms with Crippen molar-refractivity contribution in [2.75, 3.05) is 58.2 Å². The van der Waals surface area contributed by atoms with E-state index < -0.39 is 158 Å². The number of likely N-dealkylation sites (tertiary alicyclic amines) is 1. The number of primary amides is 1. The van der Waals surface area contributed by atoms with Crippen molar-refractivity contribution in [3.05, 3.63) is 35.4 Å². The van der Waals surface area contributed by atoms with Gasteiger partial charge in [-0.05, 0) is 75.6 Å². The maximum atomic E-state index is 15.0. The number of piperidine rings is 1. The lowest BCUT2D eigenvalue weighted by Crippen LogP contribution is -2.56. The third-order valence-corrected chi connectivity index (χ3v) is 18.7. The van der Waals surface area contributed by atoms with Crippen LogP contribution in [-0.2, 0) is 82.3 Å². The molecular formula is C59H85N11O17S. The summed E-state index contributed by atoms with van der Waals surface area (Å²) in [6.45, 7) is 4.52. The molecule has 0 spiro atoms. The number of imide groups is 1. The summed E-state index contributed by atoms with van der Waals surface area (Å²) in [5.74, 6) is -13.0. The average molecular weight is 1250 g/mol. The molecule has 10 atom stereocenters. The lowest BCUT2D eigenvalue weighted by Gasteiger charge is -2.32. The molecule has 1 aromatic heterocycles. The van der Waals surface area contributed by atoms with Crippen LogP contribution in [0.1, 0.15) is 109 Å². The number of hydrogen-bond acceptors (Lipinski definition) is 18. The predicted octanol–water partition coefficient (Wildman–Crippen LogP) is -2.65. The van der Waals surface area contributed by atoms with Gasteiger partial charge in [0.2, 0.25) is 52.3 Å². The first kappa shape index (κ1) is 69.8. The van der Waals surface area contributed by atoms with Gasteiger partial charge in [-0.25, -0.2) is 0 Å². The van der Waals surface area contributed by atoms with Gasteiger partial charge < -0.3 is 73.4 Å². The Hall–Kier alpha value is -7.31. The van der Waals surface area contributed by atoms with Gasteiger partial charge in [0.05, 0.1) is 49.4 Å². The quantitative estimate of drug-likeness (QED) is 0.0314. The maximum Gasteiger partial charge on any atom is 0.253 e. The number of carbonyl (C=O) groups excluding carboxylic acids is 12. The van der Waals surface area contributed by atoms with Gasteiger partial charge in [-0.2, -0.15) is 0 Å². The number of H-pyrrole nitrogens is 1. The van der Waals surface area contributed by atoms with Gasteiger partial charge in [0.1, 0.15) is 29.6 Å². The van der Waals surface area contributed by atoms with Crippen molar-refractivity contribution in [3.63, 3.8) is 0 Å². The van der Waals surface area contributed by atoms with Crippen molar-refractivity contribution < 1.29 is 83.4 Å². The number of nitrogens with one attached hydrogen (secondary N) is 7. The Kier molecular flexibility index (Phi) is 25.6. The van der Waals surface area contributed by atoms with Crippen LogP contribution in [-0.4, -0.2) is 211 Å². The van der Waals surface area contributed by atoms with E-state index in [-0.39, 0.29) is 60.0 Å². The van der Waals surface area contributed by atoms with E-state index in [0.717, 1.165) is 24.2 Å². The number of aromatic amines is 1. The second kappa shape index (κ2) is 32.3. The number of phenolic OH excluding ortho intramolecular Hbond substituents is 1. The van der Waals surface area contributed by atoms with E-state index in [1.807, 2.05) is 0 Å². The molecule has 10 amide bonds. The second-order valence-electron chi connectivity index (χ2n) is 23.7. The van der Waals surface area contributed by atoms with Gasteiger partial charge >= 0.3 is 0 Å². The van der Waals surface area contributed by atoms with E-state index in [0.29, 0.717) is 97.1 Å². The predicted molar refractivity (Wildman–Crippen MR) is 317 cm³/mol. The topological polar surface area (TPSA) is 439 Å². The van der Waals surface area contributed by atoms with Crippen molar-refractivity contribution >= 4 is 93.3 Å². The highest BCUT2D eigenvalue weighted by atomic mass is 32.2. The Morgan fingerprint density at radius 2 is 1.52 bits per heavy atom. The highest BCUT2D eigenvalue weighted by Gasteiger charge is 2.45. The number of aliphatic hydroxyl groups is 3. The van der Waals surface area contributed by atoms with Gasteiger partial charge in [0, 0.05) is 111 Å². The molecule has 5 aliphatic rings. The molecule has 484 valence electrons. The van der Waals surface area contributed by atoms with E-state index in [9.17, 15) is 78.0 Å². The summed E-state index contributed by atoms with van der Waals surface area (Å²) >= 11 is 0.297. The molecule has 5 aliphatic heterocycles. The summed E-state index contributed by atoms with van der Waals surface area (Å²) in [4.78, 5) is 172. The summed E-state index contributed by atoms with van der Waals surface area (Å²) in [6, 6.07) is -2.64. The monoisotopic (exact) mass is 1250 g/mol. The van der Waals surface area contributed by atoms with Crippen molar-refractivity contribution in [1.82, 2.24) is 51.6 Å². The zero-order chi connectivity index (χ0) is 63.2. The molecular weight excluding hydrogens is 1170 g/mol. The van der Waals surface area contributed by atoms with Crippen LogP contribution in [0.5, 0.6) is 5.75 Å². The van der Waals surface area contributed by atoms with E-state index in [1.54, 1.807) is 19.9 Å². The minimum atomic E-state index is -1.64. The lowest BCUT2D eigenvalue weighted by atomic mass is 9.85. The minimum absolute atomic E-state index is 0. The van der Waals surface area contributed by atoms with Crippen LogP contribution in [0, 0.1) is 29.6 Å². The standard InChI is InChI=1S/C59H83N11O16S.H2O/c1-4-31(2)52-57(85)63-25-48(79)64-40-30-87-58-38(37-9-10-42(73)39(54(37)67-58)28-68-18-14-33(15-19-68)13-16-61-47(78)8-6-5-7-17-69-50(81)11-12-51(69)82)20-34(55(83)62-26-49(80)65-52)21-44(75)53(32(3)45(76)29-71)66-56(84)41-24-36(72)27-70(41)59(86)35(22-43(40)74)23-46(60)77;/h9-12,31-36,40-41,45,52-53,67,71-73,76H,4-8,13-30H2,1-3H3,(H2,60,77)(H,61,78)(H,62,83)(H,63,85)(H,64,79)(H,65,80)(H,66,84);1H2/t31-,32-,34-,35-,36+,40-,41-,45-,52-,53-;/m0./s1. The third kappa shape index (κ3) is 18.2. The number of benzene rings is 1. The van der Waals surface area contributed by atoms with Gasteiger partial charge in [-0.3, -0.25) is 67.3 Å². The van der Waals surface area contributed by atoms with Crippen molar-refractivity contribution in [1.29, 1.82) is 0 Å². The maximum absolute atomic E-state index is 15.0. The summed E-state index contributed by atoms with van der Waals surface area (Å²) in [6.07, 6.45) is 1.84. The first-order valence-corrected chi connectivity index (χ1v) is 31.2. The smallest absolute Gasteiger partial charge is 0.253 e. The number of aromatic hydroxyl groups is 1. The van der Waals surface area contributed by atoms with Gasteiger partial charge in [0.15, 0.2) is 11.6 Å². The fraction of sp³-hybridized carbons (Fsp3) is 0.627. The number of amides is 10. The van der Waals surface area contributed by atoms with E-state index in [2.05, 4.69) is 41.8 Å². The summed E-state index contributed by atoms with van der Waals surface area (Å²) in [5, 5.41) is 60.6. The SMILES string of the molecule is CC[C@H](C)[C@@H]1NC(=O)CNC(=O)[C@@H]2CC(=O)[C@H]([C@@H](C)[C@@H](O)CO)NC(=O)[C@@H]3C[C@@H](O)CN3C(=O)[C@H](CC(N)=O)CC(=O)[C@H](C[SH+]c3[nH]c4c(CN5CCC(CCNC(=O)CCCCCN6C(=O)C=CC6=O)CC5)c(O)ccc4c3C2)NC(=O)CNC1=O.[OH-]. The number of nitrogens with zero attached hydrogens (tertiary/aromatic N) is 3. The van der Waals surface area contributed by atoms with Crippen LogP contribution in [0.15, 0.2) is 29.3 Å². The Balaban J connectivity index is 0.0000124. The molecule has 2 bridgehead atoms. The van der Waals surface area contributed by atoms with Gasteiger partial charge in [-0.1, -0.05) is 33.6 Å². The van der Waals surface area contributed by atoms with Crippen LogP contribution < -0.4 is 37.6 Å². The van der Waals surface area contributed by atoms with E-state index >= 15 is 0 Å². The Morgan fingerprint density at radius 3 is 2.19 bits per heavy atom. The van der Waals surface area contributed by atoms with E-state index in [1.165, 1.54) is 30.0 Å². The number of rotatable bonds is 18. The number of unbranched alkanes of at least 4 members (excludes halogenated alkanes) is 2. The summed E-state index contributed by atoms with van der Waals surface area (Å²) in [5.41, 5.74) is 7.01. The molecule has 0 unspecified atom stereocenters. The first-order chi connectivity index (χ1) is 41.5. The number of Topliss-reactive ketones (excluding diaryl/α,β-unsaturated/α-hetero) is 2. The van der Waals surface area contributed by atoms with Gasteiger partial charge in [-0.15, -0.1) is 0 Å². The highest BCUT2D eigenvalue weighted by Crippen LogP contribution is 2.36.